The monoisotopic (exact) mass is 171 g/mol. The highest BCUT2D eigenvalue weighted by Gasteiger charge is 2.48. The summed E-state index contributed by atoms with van der Waals surface area (Å²) in [6.45, 7) is 0.212. The fourth-order valence-corrected chi connectivity index (χ4v) is 2.87. The van der Waals surface area contributed by atoms with Crippen molar-refractivity contribution >= 4 is 0 Å². The largest absolute Gasteiger partial charge is 0.328 e. The van der Waals surface area contributed by atoms with Crippen LogP contribution in [0.1, 0.15) is 38.5 Å². The lowest BCUT2D eigenvalue weighted by Crippen LogP contribution is -2.43. The van der Waals surface area contributed by atoms with Crippen molar-refractivity contribution in [3.05, 3.63) is 0 Å². The van der Waals surface area contributed by atoms with E-state index >= 15 is 0 Å². The average Bonchev–Trinajstić information content (AvgIpc) is 1.91. The second-order valence-corrected chi connectivity index (χ2v) is 4.70. The van der Waals surface area contributed by atoms with Gasteiger partial charge in [0.15, 0.2) is 0 Å². The number of alkyl halides is 1. The Kier molecular flexibility index (Phi) is 2.11. The molecule has 0 saturated heterocycles. The van der Waals surface area contributed by atoms with Crippen molar-refractivity contribution in [1.29, 1.82) is 0 Å². The van der Waals surface area contributed by atoms with Crippen molar-refractivity contribution in [2.75, 3.05) is 6.54 Å². The SMILES string of the molecule is NC[C@@H](F)CC1CC2(CCC2)C1. The summed E-state index contributed by atoms with van der Waals surface area (Å²) >= 11 is 0. The minimum atomic E-state index is -0.743. The lowest BCUT2D eigenvalue weighted by atomic mass is 9.51. The van der Waals surface area contributed by atoms with E-state index < -0.39 is 6.17 Å². The maximum atomic E-state index is 12.9. The first-order valence-electron chi connectivity index (χ1n) is 5.08. The maximum absolute atomic E-state index is 12.9. The highest BCUT2D eigenvalue weighted by Crippen LogP contribution is 2.59. The molecule has 2 aliphatic carbocycles. The summed E-state index contributed by atoms with van der Waals surface area (Å²) in [4.78, 5) is 0. The van der Waals surface area contributed by atoms with Crippen LogP contribution < -0.4 is 5.73 Å². The van der Waals surface area contributed by atoms with Crippen LogP contribution in [-0.4, -0.2) is 12.7 Å². The normalized spacial score (nSPS) is 29.5. The third-order valence-corrected chi connectivity index (χ3v) is 3.70. The molecule has 1 nitrogen and oxygen atoms in total. The van der Waals surface area contributed by atoms with Gasteiger partial charge < -0.3 is 5.73 Å². The number of hydrogen-bond donors (Lipinski definition) is 1. The lowest BCUT2D eigenvalue weighted by molar-refractivity contribution is -0.0354. The van der Waals surface area contributed by atoms with Gasteiger partial charge in [-0.3, -0.25) is 0 Å². The molecule has 0 amide bonds. The molecule has 0 aromatic carbocycles. The van der Waals surface area contributed by atoms with E-state index in [4.69, 9.17) is 5.73 Å². The van der Waals surface area contributed by atoms with Gasteiger partial charge >= 0.3 is 0 Å². The van der Waals surface area contributed by atoms with Gasteiger partial charge in [0, 0.05) is 6.54 Å². The molecular formula is C10H18FN. The smallest absolute Gasteiger partial charge is 0.113 e. The van der Waals surface area contributed by atoms with Gasteiger partial charge in [-0.25, -0.2) is 4.39 Å². The molecule has 2 aliphatic rings. The van der Waals surface area contributed by atoms with E-state index in [2.05, 4.69) is 0 Å². The molecule has 1 atom stereocenters. The second-order valence-electron chi connectivity index (χ2n) is 4.70. The first-order valence-corrected chi connectivity index (χ1v) is 5.08. The third kappa shape index (κ3) is 1.37. The molecule has 0 radical (unpaired) electrons. The molecule has 1 spiro atoms. The van der Waals surface area contributed by atoms with Gasteiger partial charge in [0.1, 0.15) is 6.17 Å². The fourth-order valence-electron chi connectivity index (χ4n) is 2.87. The van der Waals surface area contributed by atoms with Crippen molar-refractivity contribution < 1.29 is 4.39 Å². The van der Waals surface area contributed by atoms with Crippen molar-refractivity contribution in [2.45, 2.75) is 44.7 Å². The van der Waals surface area contributed by atoms with E-state index in [1.807, 2.05) is 0 Å². The summed E-state index contributed by atoms with van der Waals surface area (Å²) in [6, 6.07) is 0. The van der Waals surface area contributed by atoms with Gasteiger partial charge in [-0.15, -0.1) is 0 Å². The predicted octanol–water partition coefficient (Wildman–Crippen LogP) is 2.25. The summed E-state index contributed by atoms with van der Waals surface area (Å²) < 4.78 is 12.9. The van der Waals surface area contributed by atoms with Crippen molar-refractivity contribution in [3.63, 3.8) is 0 Å². The number of rotatable bonds is 3. The molecule has 2 saturated carbocycles. The molecule has 0 heterocycles. The maximum Gasteiger partial charge on any atom is 0.113 e. The van der Waals surface area contributed by atoms with Gasteiger partial charge in [-0.2, -0.15) is 0 Å². The second kappa shape index (κ2) is 2.99. The standard InChI is InChI=1S/C10H18FN/c11-9(7-12)4-8-5-10(6-8)2-1-3-10/h8-9H,1-7,12H2/t9-/m0/s1. The highest BCUT2D eigenvalue weighted by atomic mass is 19.1. The highest BCUT2D eigenvalue weighted by molar-refractivity contribution is 4.99. The summed E-state index contributed by atoms with van der Waals surface area (Å²) in [5, 5.41) is 0. The first-order chi connectivity index (χ1) is 5.74. The minimum Gasteiger partial charge on any atom is -0.328 e. The quantitative estimate of drug-likeness (QED) is 0.692. The van der Waals surface area contributed by atoms with E-state index in [1.54, 1.807) is 0 Å². The molecule has 0 aromatic heterocycles. The topological polar surface area (TPSA) is 26.0 Å². The molecule has 2 rings (SSSR count). The molecule has 0 aromatic rings. The molecule has 2 heteroatoms. The van der Waals surface area contributed by atoms with Gasteiger partial charge in [0.25, 0.3) is 0 Å². The van der Waals surface area contributed by atoms with Gasteiger partial charge in [0.05, 0.1) is 0 Å². The summed E-state index contributed by atoms with van der Waals surface area (Å²) in [5.41, 5.74) is 5.93. The number of hydrogen-bond acceptors (Lipinski definition) is 1. The van der Waals surface area contributed by atoms with Crippen molar-refractivity contribution in [2.24, 2.45) is 17.1 Å². The molecule has 70 valence electrons. The summed E-state index contributed by atoms with van der Waals surface area (Å²) in [6.07, 6.45) is 6.76. The van der Waals surface area contributed by atoms with Crippen LogP contribution in [0.25, 0.3) is 0 Å². The zero-order valence-corrected chi connectivity index (χ0v) is 7.56. The number of halogens is 1. The third-order valence-electron chi connectivity index (χ3n) is 3.70. The average molecular weight is 171 g/mol. The Balaban J connectivity index is 1.67. The van der Waals surface area contributed by atoms with Gasteiger partial charge in [-0.05, 0) is 43.4 Å². The Morgan fingerprint density at radius 1 is 1.42 bits per heavy atom. The predicted molar refractivity (Wildman–Crippen MR) is 47.6 cm³/mol. The zero-order chi connectivity index (χ0) is 8.60. The minimum absolute atomic E-state index is 0.212. The Hall–Kier alpha value is -0.110. The van der Waals surface area contributed by atoms with E-state index in [9.17, 15) is 4.39 Å². The van der Waals surface area contributed by atoms with E-state index in [0.29, 0.717) is 11.3 Å². The fraction of sp³-hybridized carbons (Fsp3) is 1.00. The van der Waals surface area contributed by atoms with E-state index in [1.165, 1.54) is 32.1 Å². The van der Waals surface area contributed by atoms with Crippen LogP contribution in [0.2, 0.25) is 0 Å². The van der Waals surface area contributed by atoms with Crippen LogP contribution in [0.5, 0.6) is 0 Å². The zero-order valence-electron chi connectivity index (χ0n) is 7.56. The molecule has 0 bridgehead atoms. The van der Waals surface area contributed by atoms with Crippen LogP contribution in [0.3, 0.4) is 0 Å². The van der Waals surface area contributed by atoms with Crippen molar-refractivity contribution in [1.82, 2.24) is 0 Å². The molecule has 2 fully saturated rings. The first kappa shape index (κ1) is 8.49. The van der Waals surface area contributed by atoms with Crippen molar-refractivity contribution in [3.8, 4) is 0 Å². The molecule has 2 N–H and O–H groups in total. The van der Waals surface area contributed by atoms with Crippen LogP contribution in [-0.2, 0) is 0 Å². The molecule has 0 unspecified atom stereocenters. The Labute approximate surface area is 73.5 Å². The molecular weight excluding hydrogens is 153 g/mol. The Morgan fingerprint density at radius 3 is 2.50 bits per heavy atom. The van der Waals surface area contributed by atoms with Crippen LogP contribution in [0, 0.1) is 11.3 Å². The van der Waals surface area contributed by atoms with Crippen LogP contribution >= 0.6 is 0 Å². The van der Waals surface area contributed by atoms with Crippen LogP contribution in [0.15, 0.2) is 0 Å². The number of nitrogens with two attached hydrogens (primary N) is 1. The van der Waals surface area contributed by atoms with E-state index in [-0.39, 0.29) is 6.54 Å². The summed E-state index contributed by atoms with van der Waals surface area (Å²) in [7, 11) is 0. The van der Waals surface area contributed by atoms with Crippen LogP contribution in [0.4, 0.5) is 4.39 Å². The van der Waals surface area contributed by atoms with Gasteiger partial charge in [0.2, 0.25) is 0 Å². The molecule has 12 heavy (non-hydrogen) atoms. The van der Waals surface area contributed by atoms with E-state index in [0.717, 1.165) is 6.42 Å². The Bertz CT molecular complexity index is 154. The summed E-state index contributed by atoms with van der Waals surface area (Å²) in [5.74, 6) is 0.656. The Morgan fingerprint density at radius 2 is 2.08 bits per heavy atom. The lowest BCUT2D eigenvalue weighted by Gasteiger charge is -2.54. The molecule has 0 aliphatic heterocycles. The van der Waals surface area contributed by atoms with Gasteiger partial charge in [-0.1, -0.05) is 6.42 Å².